The van der Waals surface area contributed by atoms with Crippen LogP contribution in [0.5, 0.6) is 0 Å². The molecule has 4 aromatic rings. The van der Waals surface area contributed by atoms with Gasteiger partial charge in [0.1, 0.15) is 0 Å². The van der Waals surface area contributed by atoms with Gasteiger partial charge in [0, 0.05) is 17.8 Å². The number of amides is 1. The highest BCUT2D eigenvalue weighted by Crippen LogP contribution is 2.26. The SMILES string of the molecule is O=C(Nc1nnc(/N=C/c2ccc([N+](=O)[O-])s2)s1)c1ccc(-c2ccccc2)cc1. The quantitative estimate of drug-likeness (QED) is 0.255. The van der Waals surface area contributed by atoms with Gasteiger partial charge in [0.2, 0.25) is 10.3 Å². The summed E-state index contributed by atoms with van der Waals surface area (Å²) in [5.41, 5.74) is 2.60. The lowest BCUT2D eigenvalue weighted by Crippen LogP contribution is -2.11. The molecule has 0 aliphatic carbocycles. The van der Waals surface area contributed by atoms with Gasteiger partial charge in [0.25, 0.3) is 5.91 Å². The van der Waals surface area contributed by atoms with Gasteiger partial charge in [-0.15, -0.1) is 10.2 Å². The summed E-state index contributed by atoms with van der Waals surface area (Å²) >= 11 is 2.12. The zero-order valence-corrected chi connectivity index (χ0v) is 16.9. The van der Waals surface area contributed by atoms with Gasteiger partial charge < -0.3 is 0 Å². The fourth-order valence-corrected chi connectivity index (χ4v) is 3.84. The number of anilines is 1. The molecule has 0 aliphatic heterocycles. The second kappa shape index (κ2) is 8.72. The summed E-state index contributed by atoms with van der Waals surface area (Å²) in [7, 11) is 0. The third kappa shape index (κ3) is 4.62. The predicted octanol–water partition coefficient (Wildman–Crippen LogP) is 5.18. The largest absolute Gasteiger partial charge is 0.324 e. The minimum atomic E-state index is -0.451. The van der Waals surface area contributed by atoms with E-state index in [0.29, 0.717) is 20.7 Å². The predicted molar refractivity (Wildman–Crippen MR) is 118 cm³/mol. The van der Waals surface area contributed by atoms with E-state index in [2.05, 4.69) is 20.5 Å². The Morgan fingerprint density at radius 2 is 1.70 bits per heavy atom. The Hall–Kier alpha value is -3.76. The molecule has 0 spiro atoms. The highest BCUT2D eigenvalue weighted by molar-refractivity contribution is 7.19. The number of nitrogens with zero attached hydrogens (tertiary/aromatic N) is 4. The second-order valence-electron chi connectivity index (χ2n) is 5.98. The summed E-state index contributed by atoms with van der Waals surface area (Å²) in [5.74, 6) is -0.296. The summed E-state index contributed by atoms with van der Waals surface area (Å²) < 4.78 is 0. The van der Waals surface area contributed by atoms with Crippen LogP contribution in [0.15, 0.2) is 71.7 Å². The van der Waals surface area contributed by atoms with Gasteiger partial charge in [-0.25, -0.2) is 4.99 Å². The van der Waals surface area contributed by atoms with Crippen molar-refractivity contribution < 1.29 is 9.72 Å². The molecule has 0 unspecified atom stereocenters. The maximum absolute atomic E-state index is 12.4. The molecule has 1 N–H and O–H groups in total. The molecule has 0 aliphatic rings. The van der Waals surface area contributed by atoms with E-state index in [4.69, 9.17) is 0 Å². The number of nitro groups is 1. The molecule has 0 atom stereocenters. The average molecular weight is 435 g/mol. The van der Waals surface area contributed by atoms with Crippen LogP contribution in [-0.4, -0.2) is 27.2 Å². The van der Waals surface area contributed by atoms with Gasteiger partial charge in [-0.2, -0.15) is 0 Å². The zero-order chi connectivity index (χ0) is 20.9. The molecule has 0 saturated carbocycles. The van der Waals surface area contributed by atoms with E-state index < -0.39 is 4.92 Å². The third-order valence-electron chi connectivity index (χ3n) is 3.98. The first-order valence-electron chi connectivity index (χ1n) is 8.67. The van der Waals surface area contributed by atoms with Gasteiger partial charge in [-0.3, -0.25) is 20.2 Å². The van der Waals surface area contributed by atoms with E-state index >= 15 is 0 Å². The van der Waals surface area contributed by atoms with Crippen molar-refractivity contribution in [2.45, 2.75) is 0 Å². The highest BCUT2D eigenvalue weighted by Gasteiger charge is 2.11. The lowest BCUT2D eigenvalue weighted by Gasteiger charge is -2.04. The number of aliphatic imine (C=N–C) groups is 1. The molecule has 148 valence electrons. The van der Waals surface area contributed by atoms with Crippen molar-refractivity contribution in [3.05, 3.63) is 87.3 Å². The summed E-state index contributed by atoms with van der Waals surface area (Å²) in [4.78, 5) is 27.5. The van der Waals surface area contributed by atoms with E-state index in [-0.39, 0.29) is 10.9 Å². The topological polar surface area (TPSA) is 110 Å². The normalized spacial score (nSPS) is 10.9. The number of rotatable bonds is 6. The molecule has 0 fully saturated rings. The number of thiophene rings is 1. The number of carbonyl (C=O) groups is 1. The van der Waals surface area contributed by atoms with Crippen molar-refractivity contribution in [1.29, 1.82) is 0 Å². The summed E-state index contributed by atoms with van der Waals surface area (Å²) in [6, 6.07) is 20.2. The maximum atomic E-state index is 12.4. The first-order chi connectivity index (χ1) is 14.6. The summed E-state index contributed by atoms with van der Waals surface area (Å²) in [5, 5.41) is 21.9. The summed E-state index contributed by atoms with van der Waals surface area (Å²) in [6.45, 7) is 0. The van der Waals surface area contributed by atoms with Gasteiger partial charge in [0.05, 0.1) is 9.80 Å². The van der Waals surface area contributed by atoms with Crippen LogP contribution in [0.25, 0.3) is 11.1 Å². The lowest BCUT2D eigenvalue weighted by molar-refractivity contribution is -0.380. The number of carbonyl (C=O) groups excluding carboxylic acids is 1. The molecule has 0 radical (unpaired) electrons. The van der Waals surface area contributed by atoms with Gasteiger partial charge >= 0.3 is 5.00 Å². The smallest absolute Gasteiger partial charge is 0.296 e. The first kappa shape index (κ1) is 19.6. The molecule has 2 aromatic carbocycles. The third-order valence-corrected chi connectivity index (χ3v) is 5.70. The van der Waals surface area contributed by atoms with Crippen molar-refractivity contribution >= 4 is 50.1 Å². The Morgan fingerprint density at radius 1 is 0.967 bits per heavy atom. The fraction of sp³-hybridized carbons (Fsp3) is 0. The van der Waals surface area contributed by atoms with E-state index in [1.165, 1.54) is 12.3 Å². The highest BCUT2D eigenvalue weighted by atomic mass is 32.1. The second-order valence-corrected chi connectivity index (χ2v) is 8.03. The van der Waals surface area contributed by atoms with Crippen molar-refractivity contribution in [3.8, 4) is 11.1 Å². The molecule has 30 heavy (non-hydrogen) atoms. The Bertz CT molecular complexity index is 1220. The van der Waals surface area contributed by atoms with Gasteiger partial charge in [-0.05, 0) is 29.3 Å². The van der Waals surface area contributed by atoms with Gasteiger partial charge in [0.15, 0.2) is 0 Å². The van der Waals surface area contributed by atoms with E-state index in [9.17, 15) is 14.9 Å². The molecule has 10 heteroatoms. The molecule has 4 rings (SSSR count). The number of hydrogen-bond donors (Lipinski definition) is 1. The van der Waals surface area contributed by atoms with E-state index in [1.807, 2.05) is 42.5 Å². The minimum absolute atomic E-state index is 0.0416. The Kier molecular flexibility index (Phi) is 5.68. The van der Waals surface area contributed by atoms with Crippen LogP contribution in [0.2, 0.25) is 0 Å². The van der Waals surface area contributed by atoms with Crippen molar-refractivity contribution in [2.24, 2.45) is 4.99 Å². The fourth-order valence-electron chi connectivity index (χ4n) is 2.56. The average Bonchev–Trinajstić information content (AvgIpc) is 3.42. The van der Waals surface area contributed by atoms with Crippen molar-refractivity contribution in [2.75, 3.05) is 5.32 Å². The standard InChI is InChI=1S/C20H13N5O3S2/c26-18(15-8-6-14(7-9-15)13-4-2-1-3-5-13)22-20-24-23-19(30-20)21-12-16-10-11-17(29-16)25(27)28/h1-12H,(H,22,24,26)/b21-12+. The Balaban J connectivity index is 1.40. The minimum Gasteiger partial charge on any atom is -0.296 e. The Morgan fingerprint density at radius 3 is 2.40 bits per heavy atom. The molecular formula is C20H13N5O3S2. The van der Waals surface area contributed by atoms with Crippen LogP contribution in [0, 0.1) is 10.1 Å². The van der Waals surface area contributed by atoms with Gasteiger partial charge in [-0.1, -0.05) is 65.1 Å². The first-order valence-corrected chi connectivity index (χ1v) is 10.3. The number of hydrogen-bond acceptors (Lipinski definition) is 8. The molecule has 2 aromatic heterocycles. The summed E-state index contributed by atoms with van der Waals surface area (Å²) in [6.07, 6.45) is 1.48. The number of benzene rings is 2. The Labute approximate surface area is 178 Å². The lowest BCUT2D eigenvalue weighted by atomic mass is 10.0. The van der Waals surface area contributed by atoms with Crippen molar-refractivity contribution in [3.63, 3.8) is 0 Å². The molecular weight excluding hydrogens is 422 g/mol. The number of aromatic nitrogens is 2. The molecule has 2 heterocycles. The number of nitrogens with one attached hydrogen (secondary N) is 1. The van der Waals surface area contributed by atoms with Crippen LogP contribution in [0.1, 0.15) is 15.2 Å². The van der Waals surface area contributed by atoms with E-state index in [0.717, 1.165) is 33.8 Å². The van der Waals surface area contributed by atoms with Crippen LogP contribution >= 0.6 is 22.7 Å². The van der Waals surface area contributed by atoms with Crippen LogP contribution in [-0.2, 0) is 0 Å². The van der Waals surface area contributed by atoms with Crippen LogP contribution in [0.3, 0.4) is 0 Å². The van der Waals surface area contributed by atoms with E-state index in [1.54, 1.807) is 18.2 Å². The molecule has 8 nitrogen and oxygen atoms in total. The molecule has 0 bridgehead atoms. The van der Waals surface area contributed by atoms with Crippen LogP contribution in [0.4, 0.5) is 15.3 Å². The maximum Gasteiger partial charge on any atom is 0.324 e. The monoisotopic (exact) mass is 435 g/mol. The van der Waals surface area contributed by atoms with Crippen molar-refractivity contribution in [1.82, 2.24) is 10.2 Å². The molecule has 1 amide bonds. The zero-order valence-electron chi connectivity index (χ0n) is 15.3. The van der Waals surface area contributed by atoms with Crippen LogP contribution < -0.4 is 5.32 Å². The molecule has 0 saturated heterocycles.